The van der Waals surface area contributed by atoms with E-state index >= 15 is 0 Å². The molecule has 8 nitrogen and oxygen atoms in total. The molecule has 23 heavy (non-hydrogen) atoms. The number of ether oxygens (including phenoxy) is 3. The number of amides is 2. The highest BCUT2D eigenvalue weighted by Gasteiger charge is 2.22. The van der Waals surface area contributed by atoms with E-state index in [-0.39, 0.29) is 31.3 Å². The van der Waals surface area contributed by atoms with Gasteiger partial charge in [0.2, 0.25) is 11.8 Å². The van der Waals surface area contributed by atoms with Crippen LogP contribution in [0.1, 0.15) is 12.8 Å². The predicted octanol–water partition coefficient (Wildman–Crippen LogP) is -0.700. The second-order valence-electron chi connectivity index (χ2n) is 5.60. The Kier molecular flexibility index (Phi) is 7.73. The topological polar surface area (TPSA) is 88.2 Å². The Morgan fingerprint density at radius 2 is 1.43 bits per heavy atom. The van der Waals surface area contributed by atoms with Gasteiger partial charge in [-0.05, 0) is 0 Å². The Morgan fingerprint density at radius 3 is 1.96 bits per heavy atom. The molecular weight excluding hydrogens is 304 g/mol. The third kappa shape index (κ3) is 6.06. The summed E-state index contributed by atoms with van der Waals surface area (Å²) in [7, 11) is 0. The van der Waals surface area contributed by atoms with Gasteiger partial charge in [0.1, 0.15) is 6.61 Å². The van der Waals surface area contributed by atoms with Gasteiger partial charge in [0.25, 0.3) is 0 Å². The molecule has 0 bridgehead atoms. The lowest BCUT2D eigenvalue weighted by atomic mass is 10.2. The van der Waals surface area contributed by atoms with Crippen LogP contribution in [-0.4, -0.2) is 93.5 Å². The van der Waals surface area contributed by atoms with Crippen molar-refractivity contribution in [3.63, 3.8) is 0 Å². The lowest BCUT2D eigenvalue weighted by Gasteiger charge is -2.28. The highest BCUT2D eigenvalue weighted by Crippen LogP contribution is 2.07. The van der Waals surface area contributed by atoms with E-state index in [1.165, 1.54) is 0 Å². The van der Waals surface area contributed by atoms with Crippen molar-refractivity contribution in [2.45, 2.75) is 18.9 Å². The molecule has 1 atom stereocenters. The molecule has 0 aliphatic carbocycles. The summed E-state index contributed by atoms with van der Waals surface area (Å²) >= 11 is 0. The first-order chi connectivity index (χ1) is 11.2. The van der Waals surface area contributed by atoms with Crippen molar-refractivity contribution >= 4 is 11.8 Å². The van der Waals surface area contributed by atoms with Gasteiger partial charge in [0.05, 0.1) is 52.0 Å². The second-order valence-corrected chi connectivity index (χ2v) is 5.60. The fourth-order valence-electron chi connectivity index (χ4n) is 2.59. The molecule has 0 aromatic carbocycles. The van der Waals surface area contributed by atoms with Crippen LogP contribution in [0.25, 0.3) is 0 Å². The third-order valence-corrected chi connectivity index (χ3v) is 3.99. The molecule has 0 spiro atoms. The Labute approximate surface area is 136 Å². The number of carbonyl (C=O) groups excluding carboxylic acids is 2. The van der Waals surface area contributed by atoms with Crippen molar-refractivity contribution < 1.29 is 28.9 Å². The third-order valence-electron chi connectivity index (χ3n) is 3.99. The van der Waals surface area contributed by atoms with Crippen molar-refractivity contribution in [1.82, 2.24) is 9.80 Å². The molecular formula is C15H25N2O6. The predicted molar refractivity (Wildman–Crippen MR) is 79.3 cm³/mol. The van der Waals surface area contributed by atoms with E-state index in [1.54, 1.807) is 9.80 Å². The van der Waals surface area contributed by atoms with Crippen LogP contribution in [0.3, 0.4) is 0 Å². The van der Waals surface area contributed by atoms with Gasteiger partial charge in [0, 0.05) is 26.2 Å². The number of hydrogen-bond donors (Lipinski definition) is 0. The van der Waals surface area contributed by atoms with Crippen LogP contribution in [0.4, 0.5) is 0 Å². The summed E-state index contributed by atoms with van der Waals surface area (Å²) in [5, 5.41) is 11.2. The molecule has 0 aromatic heterocycles. The summed E-state index contributed by atoms with van der Waals surface area (Å²) in [5.74, 6) is -0.0916. The first kappa shape index (κ1) is 18.1. The SMILES string of the molecule is [O]CC(CC(=O)N1CCOCC1)OCCC(=O)N1CCOCC1. The van der Waals surface area contributed by atoms with Crippen LogP contribution in [0.15, 0.2) is 0 Å². The number of hydrogen-bond acceptors (Lipinski definition) is 5. The van der Waals surface area contributed by atoms with Gasteiger partial charge in [0.15, 0.2) is 0 Å². The normalized spacial score (nSPS) is 20.4. The Hall–Kier alpha value is -1.22. The van der Waals surface area contributed by atoms with E-state index in [2.05, 4.69) is 0 Å². The van der Waals surface area contributed by atoms with Gasteiger partial charge >= 0.3 is 0 Å². The standard InChI is InChI=1S/C15H25N2O6/c18-12-13(11-15(20)17-4-9-22-10-5-17)23-6-1-14(19)16-2-7-21-8-3-16/h13H,1-12H2. The minimum absolute atomic E-state index is 0.00236. The first-order valence-electron chi connectivity index (χ1n) is 8.11. The highest BCUT2D eigenvalue weighted by atomic mass is 16.5. The van der Waals surface area contributed by atoms with Crippen LogP contribution in [-0.2, 0) is 28.9 Å². The van der Waals surface area contributed by atoms with Crippen molar-refractivity contribution in [1.29, 1.82) is 0 Å². The van der Waals surface area contributed by atoms with Crippen LogP contribution >= 0.6 is 0 Å². The van der Waals surface area contributed by atoms with Gasteiger partial charge in [-0.3, -0.25) is 9.59 Å². The summed E-state index contributed by atoms with van der Waals surface area (Å²) in [6.45, 7) is 4.17. The van der Waals surface area contributed by atoms with Crippen molar-refractivity contribution in [3.8, 4) is 0 Å². The molecule has 1 radical (unpaired) electrons. The molecule has 2 heterocycles. The first-order valence-corrected chi connectivity index (χ1v) is 8.11. The zero-order valence-corrected chi connectivity index (χ0v) is 13.4. The van der Waals surface area contributed by atoms with E-state index in [4.69, 9.17) is 14.2 Å². The van der Waals surface area contributed by atoms with Crippen LogP contribution < -0.4 is 0 Å². The van der Waals surface area contributed by atoms with Crippen LogP contribution in [0.2, 0.25) is 0 Å². The van der Waals surface area contributed by atoms with Gasteiger partial charge in [-0.15, -0.1) is 0 Å². The molecule has 0 saturated carbocycles. The zero-order chi connectivity index (χ0) is 16.5. The summed E-state index contributed by atoms with van der Waals surface area (Å²) in [5.41, 5.74) is 0. The van der Waals surface area contributed by atoms with Crippen LogP contribution in [0, 0.1) is 0 Å². The van der Waals surface area contributed by atoms with Crippen molar-refractivity contribution in [3.05, 3.63) is 0 Å². The van der Waals surface area contributed by atoms with Gasteiger partial charge < -0.3 is 24.0 Å². The quantitative estimate of drug-likeness (QED) is 0.616. The van der Waals surface area contributed by atoms with E-state index in [9.17, 15) is 14.7 Å². The lowest BCUT2D eigenvalue weighted by Crippen LogP contribution is -2.43. The summed E-state index contributed by atoms with van der Waals surface area (Å²) < 4.78 is 15.8. The van der Waals surface area contributed by atoms with E-state index in [0.717, 1.165) is 0 Å². The average Bonchev–Trinajstić information content (AvgIpc) is 2.62. The maximum Gasteiger partial charge on any atom is 0.225 e. The monoisotopic (exact) mass is 329 g/mol. The van der Waals surface area contributed by atoms with E-state index < -0.39 is 12.7 Å². The van der Waals surface area contributed by atoms with Crippen molar-refractivity contribution in [2.24, 2.45) is 0 Å². The number of nitrogens with zero attached hydrogens (tertiary/aromatic N) is 2. The lowest BCUT2D eigenvalue weighted by molar-refractivity contribution is -0.141. The van der Waals surface area contributed by atoms with Crippen molar-refractivity contribution in [2.75, 3.05) is 65.8 Å². The smallest absolute Gasteiger partial charge is 0.225 e. The molecule has 131 valence electrons. The molecule has 2 aliphatic heterocycles. The largest absolute Gasteiger partial charge is 0.378 e. The molecule has 2 rings (SSSR count). The molecule has 8 heteroatoms. The van der Waals surface area contributed by atoms with Gasteiger partial charge in [-0.2, -0.15) is 0 Å². The molecule has 2 amide bonds. The Morgan fingerprint density at radius 1 is 0.913 bits per heavy atom. The Bertz CT molecular complexity index is 380. The number of carbonyl (C=O) groups is 2. The minimum Gasteiger partial charge on any atom is -0.378 e. The molecule has 2 fully saturated rings. The summed E-state index contributed by atoms with van der Waals surface area (Å²) in [6, 6.07) is 0. The zero-order valence-electron chi connectivity index (χ0n) is 13.4. The molecule has 1 unspecified atom stereocenters. The number of morpholine rings is 2. The van der Waals surface area contributed by atoms with E-state index in [1.807, 2.05) is 0 Å². The molecule has 0 aromatic rings. The molecule has 2 saturated heterocycles. The number of rotatable bonds is 7. The Balaban J connectivity index is 1.65. The summed E-state index contributed by atoms with van der Waals surface area (Å²) in [6.07, 6.45) is -0.389. The van der Waals surface area contributed by atoms with E-state index in [0.29, 0.717) is 52.6 Å². The summed E-state index contributed by atoms with van der Waals surface area (Å²) in [4.78, 5) is 27.5. The fraction of sp³-hybridized carbons (Fsp3) is 0.867. The second kappa shape index (κ2) is 9.82. The van der Waals surface area contributed by atoms with Gasteiger partial charge in [-0.25, -0.2) is 5.11 Å². The fourth-order valence-corrected chi connectivity index (χ4v) is 2.59. The van der Waals surface area contributed by atoms with Gasteiger partial charge in [-0.1, -0.05) is 0 Å². The average molecular weight is 329 g/mol. The minimum atomic E-state index is -0.678. The molecule has 0 N–H and O–H groups in total. The molecule has 2 aliphatic rings. The maximum absolute atomic E-state index is 12.1. The highest BCUT2D eigenvalue weighted by molar-refractivity contribution is 5.77. The van der Waals surface area contributed by atoms with Crippen LogP contribution in [0.5, 0.6) is 0 Å². The maximum atomic E-state index is 12.1.